The maximum absolute atomic E-state index is 13.4. The fourth-order valence-corrected chi connectivity index (χ4v) is 3.30. The largest absolute Gasteiger partial charge is 0.505 e. The van der Waals surface area contributed by atoms with Crippen molar-refractivity contribution >= 4 is 22.7 Å². The van der Waals surface area contributed by atoms with Gasteiger partial charge in [0.15, 0.2) is 11.6 Å². The number of aromatic hydroxyl groups is 1. The molecule has 0 unspecified atom stereocenters. The van der Waals surface area contributed by atoms with Gasteiger partial charge >= 0.3 is 0 Å². The molecule has 3 rings (SSSR count). The lowest BCUT2D eigenvalue weighted by Gasteiger charge is -2.08. The molecule has 0 fully saturated rings. The molecule has 0 saturated carbocycles. The Morgan fingerprint density at radius 3 is 2.86 bits per heavy atom. The van der Waals surface area contributed by atoms with Gasteiger partial charge in [-0.3, -0.25) is 0 Å². The van der Waals surface area contributed by atoms with Gasteiger partial charge in [-0.1, -0.05) is 30.0 Å². The van der Waals surface area contributed by atoms with Gasteiger partial charge in [-0.25, -0.2) is 4.39 Å². The molecule has 0 bridgehead atoms. The molecule has 0 saturated heterocycles. The normalized spacial score (nSPS) is 11.1. The minimum absolute atomic E-state index is 0.326. The van der Waals surface area contributed by atoms with E-state index < -0.39 is 5.82 Å². The smallest absolute Gasteiger partial charge is 0.166 e. The first-order valence-corrected chi connectivity index (χ1v) is 7.40. The number of nitrogens with one attached hydrogen (secondary N) is 2. The van der Waals surface area contributed by atoms with Gasteiger partial charge in [-0.15, -0.1) is 0 Å². The zero-order valence-corrected chi connectivity index (χ0v) is 12.3. The second-order valence-corrected chi connectivity index (χ2v) is 5.83. The lowest BCUT2D eigenvalue weighted by molar-refractivity contribution is 0.433. The van der Waals surface area contributed by atoms with Crippen LogP contribution in [0.15, 0.2) is 52.4 Å². The standard InChI is InChI=1S/C16H15FN2OS/c1-18-8-10-4-2-3-5-15(10)21-16-9-19-13-7-12(17)14(20)6-11(13)16/h2-7,9,18-20H,8H2,1H3. The molecule has 21 heavy (non-hydrogen) atoms. The molecule has 0 aliphatic rings. The molecular formula is C16H15FN2OS. The molecule has 5 heteroatoms. The minimum Gasteiger partial charge on any atom is -0.505 e. The molecule has 3 N–H and O–H groups in total. The molecule has 0 atom stereocenters. The Bertz CT molecular complexity index is 785. The van der Waals surface area contributed by atoms with E-state index in [0.29, 0.717) is 5.52 Å². The summed E-state index contributed by atoms with van der Waals surface area (Å²) in [6, 6.07) is 10.9. The van der Waals surface area contributed by atoms with Gasteiger partial charge in [0.1, 0.15) is 0 Å². The topological polar surface area (TPSA) is 48.0 Å². The van der Waals surface area contributed by atoms with Crippen LogP contribution in [-0.4, -0.2) is 17.1 Å². The summed E-state index contributed by atoms with van der Waals surface area (Å²) in [6.07, 6.45) is 1.84. The van der Waals surface area contributed by atoms with E-state index in [1.165, 1.54) is 17.7 Å². The van der Waals surface area contributed by atoms with Crippen molar-refractivity contribution in [3.63, 3.8) is 0 Å². The molecule has 3 nitrogen and oxygen atoms in total. The summed E-state index contributed by atoms with van der Waals surface area (Å²) >= 11 is 1.60. The number of phenols is 1. The average Bonchev–Trinajstić information content (AvgIpc) is 2.84. The molecular weight excluding hydrogens is 287 g/mol. The van der Waals surface area contributed by atoms with E-state index in [9.17, 15) is 9.50 Å². The second kappa shape index (κ2) is 5.79. The first kappa shape index (κ1) is 14.0. The minimum atomic E-state index is -0.614. The van der Waals surface area contributed by atoms with Gasteiger partial charge in [-0.05, 0) is 24.7 Å². The summed E-state index contributed by atoms with van der Waals surface area (Å²) in [5, 5.41) is 13.5. The van der Waals surface area contributed by atoms with Crippen molar-refractivity contribution in [3.8, 4) is 5.75 Å². The molecule has 0 radical (unpaired) electrons. The number of fused-ring (bicyclic) bond motifs is 1. The van der Waals surface area contributed by atoms with Crippen LogP contribution in [0.4, 0.5) is 4.39 Å². The Kier molecular flexibility index (Phi) is 3.86. The van der Waals surface area contributed by atoms with Gasteiger partial charge in [0, 0.05) is 39.5 Å². The van der Waals surface area contributed by atoms with Crippen LogP contribution in [0.1, 0.15) is 5.56 Å². The fraction of sp³-hybridized carbons (Fsp3) is 0.125. The van der Waals surface area contributed by atoms with Crippen LogP contribution in [0, 0.1) is 5.82 Å². The van der Waals surface area contributed by atoms with Crippen LogP contribution >= 0.6 is 11.8 Å². The summed E-state index contributed by atoms with van der Waals surface area (Å²) in [4.78, 5) is 5.14. The van der Waals surface area contributed by atoms with Gasteiger partial charge in [0.05, 0.1) is 0 Å². The maximum Gasteiger partial charge on any atom is 0.166 e. The molecule has 2 aromatic carbocycles. The number of phenolic OH excluding ortho intramolecular Hbond substituents is 1. The Balaban J connectivity index is 2.01. The van der Waals surface area contributed by atoms with Gasteiger partial charge in [-0.2, -0.15) is 0 Å². The van der Waals surface area contributed by atoms with E-state index in [-0.39, 0.29) is 5.75 Å². The highest BCUT2D eigenvalue weighted by atomic mass is 32.2. The molecule has 3 aromatic rings. The monoisotopic (exact) mass is 302 g/mol. The zero-order valence-electron chi connectivity index (χ0n) is 11.5. The van der Waals surface area contributed by atoms with Gasteiger partial charge in [0.2, 0.25) is 0 Å². The Morgan fingerprint density at radius 2 is 2.05 bits per heavy atom. The highest BCUT2D eigenvalue weighted by Crippen LogP contribution is 2.37. The number of halogens is 1. The molecule has 1 heterocycles. The number of H-pyrrole nitrogens is 1. The van der Waals surface area contributed by atoms with E-state index >= 15 is 0 Å². The summed E-state index contributed by atoms with van der Waals surface area (Å²) in [5.41, 5.74) is 1.88. The summed E-state index contributed by atoms with van der Waals surface area (Å²) < 4.78 is 13.4. The number of aromatic amines is 1. The molecule has 0 aliphatic heterocycles. The summed E-state index contributed by atoms with van der Waals surface area (Å²) in [6.45, 7) is 0.783. The molecule has 0 amide bonds. The highest BCUT2D eigenvalue weighted by molar-refractivity contribution is 7.99. The Labute approximate surface area is 126 Å². The lowest BCUT2D eigenvalue weighted by atomic mass is 10.2. The molecule has 0 spiro atoms. The quantitative estimate of drug-likeness (QED) is 0.685. The summed E-state index contributed by atoms with van der Waals surface area (Å²) in [5.74, 6) is -0.941. The van der Waals surface area contributed by atoms with Crippen LogP contribution in [0.5, 0.6) is 5.75 Å². The predicted octanol–water partition coefficient (Wildman–Crippen LogP) is 3.88. The second-order valence-electron chi connectivity index (χ2n) is 4.74. The van der Waals surface area contributed by atoms with Crippen molar-refractivity contribution in [1.29, 1.82) is 0 Å². The highest BCUT2D eigenvalue weighted by Gasteiger charge is 2.11. The number of benzene rings is 2. The van der Waals surface area contributed by atoms with Crippen LogP contribution in [0.2, 0.25) is 0 Å². The third-order valence-electron chi connectivity index (χ3n) is 3.27. The average molecular weight is 302 g/mol. The SMILES string of the molecule is CNCc1ccccc1Sc1c[nH]c2cc(F)c(O)cc12. The lowest BCUT2D eigenvalue weighted by Crippen LogP contribution is -2.05. The number of rotatable bonds is 4. The van der Waals surface area contributed by atoms with Crippen molar-refractivity contribution in [2.75, 3.05) is 7.05 Å². The maximum atomic E-state index is 13.4. The van der Waals surface area contributed by atoms with Crippen molar-refractivity contribution in [2.45, 2.75) is 16.3 Å². The zero-order chi connectivity index (χ0) is 14.8. The predicted molar refractivity (Wildman–Crippen MR) is 83.3 cm³/mol. The van der Waals surface area contributed by atoms with Crippen molar-refractivity contribution in [3.05, 3.63) is 54.0 Å². The van der Waals surface area contributed by atoms with E-state index in [2.05, 4.69) is 22.4 Å². The molecule has 108 valence electrons. The Hall–Kier alpha value is -1.98. The van der Waals surface area contributed by atoms with Crippen LogP contribution in [-0.2, 0) is 6.54 Å². The van der Waals surface area contributed by atoms with Crippen LogP contribution in [0.25, 0.3) is 10.9 Å². The first-order valence-electron chi connectivity index (χ1n) is 6.59. The molecule has 1 aromatic heterocycles. The summed E-state index contributed by atoms with van der Waals surface area (Å²) in [7, 11) is 1.91. The number of hydrogen-bond acceptors (Lipinski definition) is 3. The van der Waals surface area contributed by atoms with Crippen LogP contribution < -0.4 is 5.32 Å². The van der Waals surface area contributed by atoms with E-state index in [0.717, 1.165) is 21.7 Å². The number of aromatic nitrogens is 1. The van der Waals surface area contributed by atoms with Gasteiger partial charge in [0.25, 0.3) is 0 Å². The van der Waals surface area contributed by atoms with Crippen LogP contribution in [0.3, 0.4) is 0 Å². The Morgan fingerprint density at radius 1 is 1.24 bits per heavy atom. The first-order chi connectivity index (χ1) is 10.2. The van der Waals surface area contributed by atoms with Crippen molar-refractivity contribution in [2.24, 2.45) is 0 Å². The van der Waals surface area contributed by atoms with E-state index in [1.807, 2.05) is 25.4 Å². The third kappa shape index (κ3) is 2.75. The van der Waals surface area contributed by atoms with Gasteiger partial charge < -0.3 is 15.4 Å². The third-order valence-corrected chi connectivity index (χ3v) is 4.45. The van der Waals surface area contributed by atoms with E-state index in [4.69, 9.17) is 0 Å². The number of hydrogen-bond donors (Lipinski definition) is 3. The van der Waals surface area contributed by atoms with E-state index in [1.54, 1.807) is 11.8 Å². The van der Waals surface area contributed by atoms with Crippen molar-refractivity contribution < 1.29 is 9.50 Å². The fourth-order valence-electron chi connectivity index (χ4n) is 2.25. The van der Waals surface area contributed by atoms with Crippen molar-refractivity contribution in [1.82, 2.24) is 10.3 Å². The molecule has 0 aliphatic carbocycles.